The number of allylic oxidation sites excluding steroid dienone is 1. The maximum Gasteiger partial charge on any atom is 0.472 e. The van der Waals surface area contributed by atoms with Gasteiger partial charge in [-0.3, -0.25) is 13.8 Å². The van der Waals surface area contributed by atoms with E-state index in [-0.39, 0.29) is 6.42 Å². The van der Waals surface area contributed by atoms with Gasteiger partial charge < -0.3 is 46.0 Å². The molecule has 1 amide bonds. The molecule has 0 spiro atoms. The third kappa shape index (κ3) is 28.0. The van der Waals surface area contributed by atoms with Crippen LogP contribution >= 0.6 is 7.82 Å². The highest BCUT2D eigenvalue weighted by atomic mass is 31.2. The normalized spacial score (nSPS) is 23.4. The molecule has 0 saturated heterocycles. The lowest BCUT2D eigenvalue weighted by molar-refractivity contribution is -0.220. The second-order valence-electron chi connectivity index (χ2n) is 17.5. The molecule has 1 fully saturated rings. The molecule has 8 unspecified atom stereocenters. The molecule has 60 heavy (non-hydrogen) atoms. The maximum absolute atomic E-state index is 13.0. The molecule has 1 saturated carbocycles. The van der Waals surface area contributed by atoms with E-state index in [0.29, 0.717) is 12.8 Å². The molecule has 356 valence electrons. The third-order valence-corrected chi connectivity index (χ3v) is 12.9. The van der Waals surface area contributed by atoms with E-state index in [1.807, 2.05) is 0 Å². The number of rotatable bonds is 40. The summed E-state index contributed by atoms with van der Waals surface area (Å²) >= 11 is 0. The highest BCUT2D eigenvalue weighted by Gasteiger charge is 2.51. The number of carbonyl (C=O) groups is 1. The van der Waals surface area contributed by atoms with Crippen molar-refractivity contribution in [2.24, 2.45) is 0 Å². The zero-order valence-electron chi connectivity index (χ0n) is 37.6. The molecule has 0 heterocycles. The standard InChI is InChI=1S/C46H90NO12P/c1-3-5-7-9-11-13-15-17-19-20-22-24-26-28-30-32-34-39(49)38(36-58-60(56,57)59-46-44(54)42(52)41(51)43(53)45(46)55)47-40(50)35-37(48)33-31-29-27-25-23-21-18-16-14-12-10-8-6-4-2/h32,34,37-39,41-46,48-49,51-55H,3-31,33,35-36H2,1-2H3,(H,47,50)(H,56,57)/b34-32+. The van der Waals surface area contributed by atoms with Crippen LogP contribution in [0.5, 0.6) is 0 Å². The van der Waals surface area contributed by atoms with Gasteiger partial charge in [-0.1, -0.05) is 199 Å². The smallest absolute Gasteiger partial charge is 0.393 e. The predicted molar refractivity (Wildman–Crippen MR) is 238 cm³/mol. The van der Waals surface area contributed by atoms with E-state index in [1.165, 1.54) is 141 Å². The van der Waals surface area contributed by atoms with Gasteiger partial charge in [0.2, 0.25) is 5.91 Å². The van der Waals surface area contributed by atoms with Gasteiger partial charge in [-0.25, -0.2) is 4.57 Å². The summed E-state index contributed by atoms with van der Waals surface area (Å²) in [5.41, 5.74) is 0. The minimum absolute atomic E-state index is 0.240. The minimum Gasteiger partial charge on any atom is -0.393 e. The van der Waals surface area contributed by atoms with E-state index >= 15 is 0 Å². The summed E-state index contributed by atoms with van der Waals surface area (Å²) in [6, 6.07) is -1.23. The van der Waals surface area contributed by atoms with Crippen LogP contribution in [0.3, 0.4) is 0 Å². The van der Waals surface area contributed by atoms with Crippen LogP contribution in [-0.4, -0.2) is 108 Å². The molecule has 14 heteroatoms. The summed E-state index contributed by atoms with van der Waals surface area (Å²) in [5.74, 6) is -0.590. The van der Waals surface area contributed by atoms with Gasteiger partial charge in [-0.05, 0) is 19.3 Å². The zero-order chi connectivity index (χ0) is 44.4. The Morgan fingerprint density at radius 3 is 1.37 bits per heavy atom. The molecule has 0 aromatic heterocycles. The molecule has 8 atom stereocenters. The number of hydrogen-bond acceptors (Lipinski definition) is 11. The van der Waals surface area contributed by atoms with Crippen molar-refractivity contribution in [1.82, 2.24) is 5.32 Å². The largest absolute Gasteiger partial charge is 0.472 e. The van der Waals surface area contributed by atoms with Gasteiger partial charge in [0, 0.05) is 0 Å². The molecule has 0 radical (unpaired) electrons. The second kappa shape index (κ2) is 36.4. The van der Waals surface area contributed by atoms with E-state index in [2.05, 4.69) is 19.2 Å². The van der Waals surface area contributed by atoms with Crippen LogP contribution in [0, 0.1) is 0 Å². The summed E-state index contributed by atoms with van der Waals surface area (Å²) in [6.07, 6.45) is 24.4. The first-order chi connectivity index (χ1) is 28.8. The summed E-state index contributed by atoms with van der Waals surface area (Å²) in [6.45, 7) is 3.75. The van der Waals surface area contributed by atoms with Crippen molar-refractivity contribution < 1.29 is 59.0 Å². The van der Waals surface area contributed by atoms with Crippen molar-refractivity contribution in [2.45, 2.75) is 268 Å². The van der Waals surface area contributed by atoms with Crippen molar-refractivity contribution in [3.8, 4) is 0 Å². The molecule has 1 aliphatic rings. The van der Waals surface area contributed by atoms with Gasteiger partial charge in [0.1, 0.15) is 36.6 Å². The van der Waals surface area contributed by atoms with Crippen molar-refractivity contribution in [1.29, 1.82) is 0 Å². The minimum atomic E-state index is -5.14. The van der Waals surface area contributed by atoms with Gasteiger partial charge in [-0.2, -0.15) is 0 Å². The lowest BCUT2D eigenvalue weighted by Crippen LogP contribution is -2.64. The molecular weight excluding hydrogens is 789 g/mol. The van der Waals surface area contributed by atoms with E-state index in [0.717, 1.165) is 44.9 Å². The maximum atomic E-state index is 13.0. The first kappa shape index (κ1) is 57.1. The zero-order valence-corrected chi connectivity index (χ0v) is 38.5. The van der Waals surface area contributed by atoms with Gasteiger partial charge >= 0.3 is 7.82 Å². The topological polar surface area (TPSA) is 226 Å². The number of hydrogen-bond donors (Lipinski definition) is 9. The van der Waals surface area contributed by atoms with Crippen molar-refractivity contribution in [3.63, 3.8) is 0 Å². The molecular formula is C46H90NO12P. The van der Waals surface area contributed by atoms with Crippen LogP contribution in [0.15, 0.2) is 12.2 Å². The van der Waals surface area contributed by atoms with Crippen LogP contribution < -0.4 is 5.32 Å². The van der Waals surface area contributed by atoms with E-state index in [1.54, 1.807) is 6.08 Å². The molecule has 13 nitrogen and oxygen atoms in total. The van der Waals surface area contributed by atoms with Crippen LogP contribution in [0.4, 0.5) is 0 Å². The summed E-state index contributed by atoms with van der Waals surface area (Å²) in [7, 11) is -5.14. The molecule has 1 rings (SSSR count). The summed E-state index contributed by atoms with van der Waals surface area (Å²) < 4.78 is 22.9. The van der Waals surface area contributed by atoms with Crippen LogP contribution in [0.2, 0.25) is 0 Å². The average Bonchev–Trinajstić information content (AvgIpc) is 3.22. The first-order valence-electron chi connectivity index (χ1n) is 24.2. The lowest BCUT2D eigenvalue weighted by Gasteiger charge is -2.41. The molecule has 9 N–H and O–H groups in total. The van der Waals surface area contributed by atoms with Gasteiger partial charge in [0.25, 0.3) is 0 Å². The Morgan fingerprint density at radius 2 is 0.950 bits per heavy atom. The Labute approximate surface area is 363 Å². The monoisotopic (exact) mass is 880 g/mol. The van der Waals surface area contributed by atoms with Crippen LogP contribution in [-0.2, 0) is 18.4 Å². The van der Waals surface area contributed by atoms with Crippen molar-refractivity contribution in [3.05, 3.63) is 12.2 Å². The van der Waals surface area contributed by atoms with E-state index < -0.39 is 75.2 Å². The van der Waals surface area contributed by atoms with Gasteiger partial charge in [0.15, 0.2) is 0 Å². The highest BCUT2D eigenvalue weighted by molar-refractivity contribution is 7.47. The number of phosphoric acid groups is 1. The Bertz CT molecular complexity index is 1090. The van der Waals surface area contributed by atoms with Gasteiger partial charge in [-0.15, -0.1) is 0 Å². The van der Waals surface area contributed by atoms with Crippen LogP contribution in [0.1, 0.15) is 213 Å². The highest BCUT2D eigenvalue weighted by Crippen LogP contribution is 2.47. The number of carbonyl (C=O) groups excluding carboxylic acids is 1. The Balaban J connectivity index is 2.53. The fourth-order valence-corrected chi connectivity index (χ4v) is 8.86. The van der Waals surface area contributed by atoms with Crippen LogP contribution in [0.25, 0.3) is 0 Å². The average molecular weight is 880 g/mol. The Morgan fingerprint density at radius 1 is 0.583 bits per heavy atom. The SMILES string of the molecule is CCCCCCCCCCCCCCCC/C=C/C(O)C(COP(=O)(O)OC1C(O)C(O)C(O)C(O)C1O)NC(=O)CC(O)CCCCCCCCCCCCCCCC. The molecule has 0 aliphatic heterocycles. The molecule has 1 aliphatic carbocycles. The molecule has 0 aromatic carbocycles. The van der Waals surface area contributed by atoms with E-state index in [9.17, 15) is 50.0 Å². The Kier molecular flexibility index (Phi) is 34.6. The summed E-state index contributed by atoms with van der Waals surface area (Å²) in [4.78, 5) is 23.4. The number of unbranched alkanes of at least 4 members (excludes halogenated alkanes) is 27. The van der Waals surface area contributed by atoms with Crippen molar-refractivity contribution >= 4 is 13.7 Å². The third-order valence-electron chi connectivity index (χ3n) is 11.9. The number of phosphoric ester groups is 1. The summed E-state index contributed by atoms with van der Waals surface area (Å²) in [5, 5.41) is 74.5. The fraction of sp³-hybridized carbons (Fsp3) is 0.935. The fourth-order valence-electron chi connectivity index (χ4n) is 7.89. The predicted octanol–water partition coefficient (Wildman–Crippen LogP) is 8.20. The van der Waals surface area contributed by atoms with E-state index in [4.69, 9.17) is 9.05 Å². The number of aliphatic hydroxyl groups is 7. The lowest BCUT2D eigenvalue weighted by atomic mass is 9.85. The van der Waals surface area contributed by atoms with Gasteiger partial charge in [0.05, 0.1) is 31.3 Å². The Hall–Kier alpha value is -0.960. The first-order valence-corrected chi connectivity index (χ1v) is 25.7. The number of amides is 1. The molecule has 0 aromatic rings. The van der Waals surface area contributed by atoms with Crippen molar-refractivity contribution in [2.75, 3.05) is 6.61 Å². The number of nitrogens with one attached hydrogen (secondary N) is 1. The molecule has 0 bridgehead atoms. The quantitative estimate of drug-likeness (QED) is 0.0161. The second-order valence-corrected chi connectivity index (χ2v) is 18.9. The number of aliphatic hydroxyl groups excluding tert-OH is 7.